The molecule has 1 amide bonds. The maximum Gasteiger partial charge on any atom is 0.257 e. The van der Waals surface area contributed by atoms with E-state index < -0.39 is 5.82 Å². The molecule has 3 nitrogen and oxygen atoms in total. The minimum Gasteiger partial charge on any atom is -0.335 e. The lowest BCUT2D eigenvalue weighted by molar-refractivity contribution is 0.0760. The lowest BCUT2D eigenvalue weighted by Gasteiger charge is -2.32. The molecule has 0 N–H and O–H groups in total. The van der Waals surface area contributed by atoms with Gasteiger partial charge in [-0.3, -0.25) is 9.78 Å². The minimum atomic E-state index is -0.557. The topological polar surface area (TPSA) is 33.2 Å². The molecule has 0 fully saturated rings. The van der Waals surface area contributed by atoms with Crippen LogP contribution in [0, 0.1) is 11.2 Å². The van der Waals surface area contributed by atoms with Gasteiger partial charge < -0.3 is 4.90 Å². The molecule has 0 saturated carbocycles. The summed E-state index contributed by atoms with van der Waals surface area (Å²) in [7, 11) is 0. The predicted molar refractivity (Wildman–Crippen MR) is 72.3 cm³/mol. The summed E-state index contributed by atoms with van der Waals surface area (Å²) in [5, 5.41) is 0. The Bertz CT molecular complexity index is 517. The van der Waals surface area contributed by atoms with Crippen LogP contribution in [0.2, 0.25) is 0 Å². The number of hydrogen-bond donors (Lipinski definition) is 0. The van der Waals surface area contributed by atoms with Gasteiger partial charge in [0.2, 0.25) is 0 Å². The van der Waals surface area contributed by atoms with Gasteiger partial charge in [0, 0.05) is 19.3 Å². The van der Waals surface area contributed by atoms with Gasteiger partial charge >= 0.3 is 0 Å². The standard InChI is InChI=1S/C15H19FN2O/c1-15(2,3)11-5-8-18(9-6-11)14(19)12-4-7-17-10-13(12)16/h4-5,7,10H,6,8-9H2,1-3H3. The van der Waals surface area contributed by atoms with Crippen molar-refractivity contribution in [3.8, 4) is 0 Å². The maximum atomic E-state index is 13.5. The highest BCUT2D eigenvalue weighted by Gasteiger charge is 2.25. The normalized spacial score (nSPS) is 16.2. The first-order valence-electron chi connectivity index (χ1n) is 6.48. The first-order valence-corrected chi connectivity index (χ1v) is 6.48. The van der Waals surface area contributed by atoms with Crippen LogP contribution in [-0.4, -0.2) is 28.9 Å². The molecule has 102 valence electrons. The van der Waals surface area contributed by atoms with Crippen LogP contribution in [0.25, 0.3) is 0 Å². The van der Waals surface area contributed by atoms with Crippen LogP contribution >= 0.6 is 0 Å². The third-order valence-electron chi connectivity index (χ3n) is 3.46. The van der Waals surface area contributed by atoms with Crippen molar-refractivity contribution in [2.24, 2.45) is 5.41 Å². The second-order valence-electron chi connectivity index (χ2n) is 5.84. The van der Waals surface area contributed by atoms with Crippen LogP contribution in [0.4, 0.5) is 4.39 Å². The van der Waals surface area contributed by atoms with E-state index in [0.717, 1.165) is 12.6 Å². The highest BCUT2D eigenvalue weighted by Crippen LogP contribution is 2.30. The van der Waals surface area contributed by atoms with E-state index in [2.05, 4.69) is 31.8 Å². The number of amides is 1. The summed E-state index contributed by atoms with van der Waals surface area (Å²) in [5.41, 5.74) is 1.59. The highest BCUT2D eigenvalue weighted by atomic mass is 19.1. The Morgan fingerprint density at radius 1 is 1.42 bits per heavy atom. The summed E-state index contributed by atoms with van der Waals surface area (Å²) in [6.07, 6.45) is 5.45. The van der Waals surface area contributed by atoms with Gasteiger partial charge in [0.25, 0.3) is 5.91 Å². The number of rotatable bonds is 1. The number of hydrogen-bond acceptors (Lipinski definition) is 2. The summed E-state index contributed by atoms with van der Waals surface area (Å²) in [6, 6.07) is 1.43. The molecular formula is C15H19FN2O. The van der Waals surface area contributed by atoms with Gasteiger partial charge in [0.15, 0.2) is 5.82 Å². The molecule has 19 heavy (non-hydrogen) atoms. The molecule has 0 saturated heterocycles. The van der Waals surface area contributed by atoms with Gasteiger partial charge in [-0.1, -0.05) is 32.4 Å². The Kier molecular flexibility index (Phi) is 3.69. The van der Waals surface area contributed by atoms with Crippen molar-refractivity contribution in [2.75, 3.05) is 13.1 Å². The monoisotopic (exact) mass is 262 g/mol. The molecule has 1 aromatic rings. The van der Waals surface area contributed by atoms with Crippen molar-refractivity contribution < 1.29 is 9.18 Å². The summed E-state index contributed by atoms with van der Waals surface area (Å²) in [4.78, 5) is 17.5. The molecule has 2 heterocycles. The lowest BCUT2D eigenvalue weighted by atomic mass is 9.83. The number of carbonyl (C=O) groups is 1. The smallest absolute Gasteiger partial charge is 0.257 e. The predicted octanol–water partition coefficient (Wildman–Crippen LogP) is 3.04. The average Bonchev–Trinajstić information content (AvgIpc) is 2.38. The van der Waals surface area contributed by atoms with Crippen molar-refractivity contribution >= 4 is 5.91 Å². The zero-order chi connectivity index (χ0) is 14.0. The van der Waals surface area contributed by atoms with Crippen molar-refractivity contribution in [1.29, 1.82) is 0 Å². The van der Waals surface area contributed by atoms with Crippen LogP contribution in [-0.2, 0) is 0 Å². The lowest BCUT2D eigenvalue weighted by Crippen LogP contribution is -2.36. The van der Waals surface area contributed by atoms with Crippen molar-refractivity contribution in [3.05, 3.63) is 41.5 Å². The zero-order valence-corrected chi connectivity index (χ0v) is 11.6. The summed E-state index contributed by atoms with van der Waals surface area (Å²) in [6.45, 7) is 7.69. The van der Waals surface area contributed by atoms with Gasteiger partial charge in [0.1, 0.15) is 0 Å². The average molecular weight is 262 g/mol. The third-order valence-corrected chi connectivity index (χ3v) is 3.46. The van der Waals surface area contributed by atoms with E-state index in [9.17, 15) is 9.18 Å². The van der Waals surface area contributed by atoms with Crippen LogP contribution < -0.4 is 0 Å². The maximum absolute atomic E-state index is 13.5. The Morgan fingerprint density at radius 3 is 2.68 bits per heavy atom. The molecule has 0 bridgehead atoms. The molecule has 0 aliphatic carbocycles. The number of pyridine rings is 1. The second-order valence-corrected chi connectivity index (χ2v) is 5.84. The van der Waals surface area contributed by atoms with Gasteiger partial charge in [-0.05, 0) is 17.9 Å². The molecule has 0 atom stereocenters. The number of carbonyl (C=O) groups excluding carboxylic acids is 1. The minimum absolute atomic E-state index is 0.0996. The summed E-state index contributed by atoms with van der Waals surface area (Å²) >= 11 is 0. The fraction of sp³-hybridized carbons (Fsp3) is 0.467. The molecule has 0 unspecified atom stereocenters. The van der Waals surface area contributed by atoms with Crippen LogP contribution in [0.1, 0.15) is 37.6 Å². The molecule has 1 aromatic heterocycles. The van der Waals surface area contributed by atoms with Crippen molar-refractivity contribution in [3.63, 3.8) is 0 Å². The Hall–Kier alpha value is -1.71. The van der Waals surface area contributed by atoms with Gasteiger partial charge in [0.05, 0.1) is 11.8 Å². The molecule has 0 radical (unpaired) electrons. The Labute approximate surface area is 113 Å². The Morgan fingerprint density at radius 2 is 2.16 bits per heavy atom. The molecule has 4 heteroatoms. The van der Waals surface area contributed by atoms with Gasteiger partial charge in [-0.25, -0.2) is 4.39 Å². The summed E-state index contributed by atoms with van der Waals surface area (Å²) in [5.74, 6) is -0.817. The van der Waals surface area contributed by atoms with E-state index in [0.29, 0.717) is 13.1 Å². The fourth-order valence-corrected chi connectivity index (χ4v) is 2.25. The SMILES string of the molecule is CC(C)(C)C1=CCN(C(=O)c2ccncc2F)CC1. The van der Waals surface area contributed by atoms with E-state index in [-0.39, 0.29) is 16.9 Å². The van der Waals surface area contributed by atoms with Crippen LogP contribution in [0.5, 0.6) is 0 Å². The fourth-order valence-electron chi connectivity index (χ4n) is 2.25. The van der Waals surface area contributed by atoms with E-state index >= 15 is 0 Å². The third kappa shape index (κ3) is 3.00. The quantitative estimate of drug-likeness (QED) is 0.729. The van der Waals surface area contributed by atoms with Crippen molar-refractivity contribution in [1.82, 2.24) is 9.88 Å². The largest absolute Gasteiger partial charge is 0.335 e. The highest BCUT2D eigenvalue weighted by molar-refractivity contribution is 5.94. The van der Waals surface area contributed by atoms with Crippen molar-refractivity contribution in [2.45, 2.75) is 27.2 Å². The summed E-state index contributed by atoms with van der Waals surface area (Å²) < 4.78 is 13.5. The van der Waals surface area contributed by atoms with E-state index in [1.165, 1.54) is 17.8 Å². The van der Waals surface area contributed by atoms with Gasteiger partial charge in [-0.15, -0.1) is 0 Å². The first kappa shape index (κ1) is 13.7. The molecular weight excluding hydrogens is 243 g/mol. The number of aromatic nitrogens is 1. The molecule has 2 rings (SSSR count). The number of halogens is 1. The van der Waals surface area contributed by atoms with E-state index in [1.807, 2.05) is 0 Å². The number of nitrogens with zero attached hydrogens (tertiary/aromatic N) is 2. The molecule has 1 aliphatic heterocycles. The molecule has 0 aromatic carbocycles. The van der Waals surface area contributed by atoms with Crippen LogP contribution in [0.3, 0.4) is 0 Å². The molecule has 1 aliphatic rings. The van der Waals surface area contributed by atoms with Crippen LogP contribution in [0.15, 0.2) is 30.1 Å². The van der Waals surface area contributed by atoms with E-state index in [4.69, 9.17) is 0 Å². The zero-order valence-electron chi connectivity index (χ0n) is 11.6. The van der Waals surface area contributed by atoms with Gasteiger partial charge in [-0.2, -0.15) is 0 Å². The first-order chi connectivity index (χ1) is 8.89. The second kappa shape index (κ2) is 5.11. The Balaban J connectivity index is 2.13. The van der Waals surface area contributed by atoms with E-state index in [1.54, 1.807) is 4.90 Å². The molecule has 0 spiro atoms.